The van der Waals surface area contributed by atoms with Crippen molar-refractivity contribution < 1.29 is 18.0 Å². The van der Waals surface area contributed by atoms with Crippen molar-refractivity contribution in [3.8, 4) is 0 Å². The van der Waals surface area contributed by atoms with Crippen LogP contribution in [0.3, 0.4) is 0 Å². The first-order valence-corrected chi connectivity index (χ1v) is 4.85. The Morgan fingerprint density at radius 3 is 2.31 bits per heavy atom. The van der Waals surface area contributed by atoms with Gasteiger partial charge in [-0.05, 0) is 12.8 Å². The number of hydrogen-bond acceptors (Lipinski definition) is 1. The topological polar surface area (TPSA) is 17.1 Å². The molecule has 16 heavy (non-hydrogen) atoms. The van der Waals surface area contributed by atoms with Crippen molar-refractivity contribution in [2.45, 2.75) is 19.3 Å². The van der Waals surface area contributed by atoms with Crippen LogP contribution in [0.2, 0.25) is 0 Å². The summed E-state index contributed by atoms with van der Waals surface area (Å²) in [6.07, 6.45) is 2.70. The van der Waals surface area contributed by atoms with Gasteiger partial charge >= 0.3 is 0 Å². The van der Waals surface area contributed by atoms with Gasteiger partial charge < -0.3 is 0 Å². The van der Waals surface area contributed by atoms with Crippen molar-refractivity contribution in [3.63, 3.8) is 0 Å². The van der Waals surface area contributed by atoms with E-state index in [4.69, 9.17) is 0 Å². The molecule has 0 N–H and O–H groups in total. The number of rotatable bonds is 5. The minimum absolute atomic E-state index is 0.0193. The Morgan fingerprint density at radius 2 is 1.81 bits per heavy atom. The lowest BCUT2D eigenvalue weighted by Crippen LogP contribution is -2.06. The molecular weight excluding hydrogens is 217 g/mol. The molecule has 0 heterocycles. The van der Waals surface area contributed by atoms with Crippen LogP contribution in [0, 0.1) is 17.5 Å². The number of carbonyl (C=O) groups excluding carboxylic acids is 1. The van der Waals surface area contributed by atoms with Gasteiger partial charge in [0.2, 0.25) is 0 Å². The Morgan fingerprint density at radius 1 is 1.25 bits per heavy atom. The molecule has 1 aromatic carbocycles. The largest absolute Gasteiger partial charge is 0.294 e. The summed E-state index contributed by atoms with van der Waals surface area (Å²) in [6.45, 7) is 3.47. The summed E-state index contributed by atoms with van der Waals surface area (Å²) < 4.78 is 38.9. The fourth-order valence-corrected chi connectivity index (χ4v) is 1.34. The predicted octanol–water partition coefficient (Wildman–Crippen LogP) is 3.64. The van der Waals surface area contributed by atoms with E-state index in [1.807, 2.05) is 0 Å². The maximum absolute atomic E-state index is 13.1. The molecule has 1 rings (SSSR count). The Kier molecular flexibility index (Phi) is 4.28. The lowest BCUT2D eigenvalue weighted by atomic mass is 10.0. The molecule has 0 saturated heterocycles. The quantitative estimate of drug-likeness (QED) is 0.427. The number of halogens is 3. The summed E-state index contributed by atoms with van der Waals surface area (Å²) in [5.41, 5.74) is -0.662. The third kappa shape index (κ3) is 2.95. The Hall–Kier alpha value is -1.58. The van der Waals surface area contributed by atoms with Crippen LogP contribution in [0.5, 0.6) is 0 Å². The molecule has 4 heteroatoms. The van der Waals surface area contributed by atoms with Crippen molar-refractivity contribution >= 4 is 5.78 Å². The molecule has 0 radical (unpaired) electrons. The highest BCUT2D eigenvalue weighted by Crippen LogP contribution is 2.17. The number of hydrogen-bond donors (Lipinski definition) is 0. The van der Waals surface area contributed by atoms with E-state index in [9.17, 15) is 18.0 Å². The molecule has 0 aliphatic rings. The molecule has 0 bridgehead atoms. The van der Waals surface area contributed by atoms with Gasteiger partial charge in [0.05, 0.1) is 5.56 Å². The van der Waals surface area contributed by atoms with Crippen molar-refractivity contribution in [1.82, 2.24) is 0 Å². The van der Waals surface area contributed by atoms with Crippen LogP contribution in [0.15, 0.2) is 24.8 Å². The summed E-state index contributed by atoms with van der Waals surface area (Å²) in [4.78, 5) is 11.4. The van der Waals surface area contributed by atoms with Crippen LogP contribution >= 0.6 is 0 Å². The first kappa shape index (κ1) is 12.5. The number of Topliss-reactive ketones (excluding diaryl/α,β-unsaturated/α-hetero) is 1. The van der Waals surface area contributed by atoms with Crippen LogP contribution in [-0.4, -0.2) is 5.78 Å². The molecule has 0 fully saturated rings. The third-order valence-corrected chi connectivity index (χ3v) is 2.10. The SMILES string of the molecule is C=CCCCC(=O)c1c(F)cc(F)cc1F. The molecular formula is C12H11F3O. The Labute approximate surface area is 91.6 Å². The summed E-state index contributed by atoms with van der Waals surface area (Å²) in [5, 5.41) is 0. The van der Waals surface area contributed by atoms with Crippen LogP contribution in [0.1, 0.15) is 29.6 Å². The van der Waals surface area contributed by atoms with E-state index in [-0.39, 0.29) is 6.42 Å². The van der Waals surface area contributed by atoms with Gasteiger partial charge in [-0.15, -0.1) is 6.58 Å². The van der Waals surface area contributed by atoms with Gasteiger partial charge in [0.1, 0.15) is 17.5 Å². The minimum Gasteiger partial charge on any atom is -0.294 e. The lowest BCUT2D eigenvalue weighted by molar-refractivity contribution is 0.0972. The normalized spacial score (nSPS) is 10.2. The first-order valence-electron chi connectivity index (χ1n) is 4.85. The zero-order chi connectivity index (χ0) is 12.1. The highest BCUT2D eigenvalue weighted by Gasteiger charge is 2.18. The van der Waals surface area contributed by atoms with E-state index in [1.165, 1.54) is 0 Å². The summed E-state index contributed by atoms with van der Waals surface area (Å²) in [5.74, 6) is -3.99. The van der Waals surface area contributed by atoms with E-state index in [1.54, 1.807) is 6.08 Å². The van der Waals surface area contributed by atoms with Crippen LogP contribution in [0.25, 0.3) is 0 Å². The van der Waals surface area contributed by atoms with Gasteiger partial charge in [0.15, 0.2) is 5.78 Å². The lowest BCUT2D eigenvalue weighted by Gasteiger charge is -2.03. The predicted molar refractivity (Wildman–Crippen MR) is 54.7 cm³/mol. The molecule has 0 aliphatic heterocycles. The van der Waals surface area contributed by atoms with Crippen molar-refractivity contribution in [2.75, 3.05) is 0 Å². The van der Waals surface area contributed by atoms with Gasteiger partial charge in [-0.1, -0.05) is 6.08 Å². The second-order valence-corrected chi connectivity index (χ2v) is 3.35. The maximum Gasteiger partial charge on any atom is 0.168 e. The van der Waals surface area contributed by atoms with Crippen LogP contribution < -0.4 is 0 Å². The Balaban J connectivity index is 2.86. The Bertz CT molecular complexity index is 390. The molecule has 1 nitrogen and oxygen atoms in total. The molecule has 0 unspecified atom stereocenters. The highest BCUT2D eigenvalue weighted by atomic mass is 19.1. The number of carbonyl (C=O) groups is 1. The molecule has 0 aromatic heterocycles. The average molecular weight is 228 g/mol. The molecule has 0 amide bonds. The fraction of sp³-hybridized carbons (Fsp3) is 0.250. The van der Waals surface area contributed by atoms with Crippen molar-refractivity contribution in [2.24, 2.45) is 0 Å². The fourth-order valence-electron chi connectivity index (χ4n) is 1.34. The van der Waals surface area contributed by atoms with E-state index in [0.29, 0.717) is 25.0 Å². The second-order valence-electron chi connectivity index (χ2n) is 3.35. The zero-order valence-corrected chi connectivity index (χ0v) is 8.60. The van der Waals surface area contributed by atoms with E-state index < -0.39 is 28.8 Å². The smallest absolute Gasteiger partial charge is 0.168 e. The van der Waals surface area contributed by atoms with Crippen LogP contribution in [0.4, 0.5) is 13.2 Å². The number of allylic oxidation sites excluding steroid dienone is 1. The van der Waals surface area contributed by atoms with Gasteiger partial charge in [-0.2, -0.15) is 0 Å². The van der Waals surface area contributed by atoms with E-state index >= 15 is 0 Å². The number of ketones is 1. The average Bonchev–Trinajstić information content (AvgIpc) is 2.16. The molecule has 0 atom stereocenters. The van der Waals surface area contributed by atoms with Gasteiger partial charge in [0, 0.05) is 18.6 Å². The molecule has 1 aromatic rings. The molecule has 0 spiro atoms. The number of benzene rings is 1. The summed E-state index contributed by atoms with van der Waals surface area (Å²) in [6, 6.07) is 1.01. The van der Waals surface area contributed by atoms with E-state index in [2.05, 4.69) is 6.58 Å². The number of unbranched alkanes of at least 4 members (excludes halogenated alkanes) is 1. The summed E-state index contributed by atoms with van der Waals surface area (Å²) >= 11 is 0. The maximum atomic E-state index is 13.1. The molecule has 86 valence electrons. The first-order chi connectivity index (χ1) is 7.56. The monoisotopic (exact) mass is 228 g/mol. The summed E-state index contributed by atoms with van der Waals surface area (Å²) in [7, 11) is 0. The van der Waals surface area contributed by atoms with Gasteiger partial charge in [0.25, 0.3) is 0 Å². The molecule has 0 saturated carbocycles. The second kappa shape index (κ2) is 5.49. The third-order valence-electron chi connectivity index (χ3n) is 2.10. The standard InChI is InChI=1S/C12H11F3O/c1-2-3-4-5-11(16)12-9(14)6-8(13)7-10(12)15/h2,6-7H,1,3-5H2. The molecule has 0 aliphatic carbocycles. The van der Waals surface area contributed by atoms with Crippen molar-refractivity contribution in [1.29, 1.82) is 0 Å². The van der Waals surface area contributed by atoms with E-state index in [0.717, 1.165) is 0 Å². The minimum atomic E-state index is -1.15. The highest BCUT2D eigenvalue weighted by molar-refractivity contribution is 5.96. The zero-order valence-electron chi connectivity index (χ0n) is 8.60. The van der Waals surface area contributed by atoms with Crippen LogP contribution in [-0.2, 0) is 0 Å². The van der Waals surface area contributed by atoms with Gasteiger partial charge in [-0.25, -0.2) is 13.2 Å². The van der Waals surface area contributed by atoms with Crippen molar-refractivity contribution in [3.05, 3.63) is 47.8 Å². The van der Waals surface area contributed by atoms with Gasteiger partial charge in [-0.3, -0.25) is 4.79 Å².